The third kappa shape index (κ3) is 6.05. The van der Waals surface area contributed by atoms with Gasteiger partial charge in [-0.2, -0.15) is 0 Å². The zero-order valence-corrected chi connectivity index (χ0v) is 20.4. The van der Waals surface area contributed by atoms with Crippen molar-refractivity contribution in [2.24, 2.45) is 0 Å². The summed E-state index contributed by atoms with van der Waals surface area (Å²) in [5.41, 5.74) is 3.61. The molecule has 35 heavy (non-hydrogen) atoms. The minimum absolute atomic E-state index is 0.171. The second-order valence-electron chi connectivity index (χ2n) is 9.00. The Kier molecular flexibility index (Phi) is 8.12. The molecule has 0 bridgehead atoms. The van der Waals surface area contributed by atoms with Crippen LogP contribution < -0.4 is 0 Å². The number of aryl methyl sites for hydroxylation is 5. The summed E-state index contributed by atoms with van der Waals surface area (Å²) in [6.07, 6.45) is 4.83. The molecule has 0 fully saturated rings. The summed E-state index contributed by atoms with van der Waals surface area (Å²) < 4.78 is 57.0. The van der Waals surface area contributed by atoms with Crippen molar-refractivity contribution in [3.05, 3.63) is 117 Å². The van der Waals surface area contributed by atoms with Gasteiger partial charge in [-0.25, -0.2) is 17.6 Å². The molecule has 0 aliphatic rings. The SMILES string of the molecule is CCCCc1ccc(CCc2ccc3c(F)c(CCc4cc(F)c(Cl)c(F)c4)ccc3c2)c(F)c1. The standard InChI is InChI=1S/C30H27ClF4/c1-2-3-4-19-5-9-22(26(32)16-19)10-6-20-8-14-25-24(15-20)13-12-23(30(25)35)11-7-21-17-27(33)29(31)28(34)18-21/h5,8-9,12-18H,2-4,6-7,10-11H2,1H3. The molecule has 0 saturated heterocycles. The molecule has 4 rings (SSSR count). The Balaban J connectivity index is 1.44. The number of halogens is 5. The molecule has 0 spiro atoms. The molecule has 0 radical (unpaired) electrons. The topological polar surface area (TPSA) is 0 Å². The summed E-state index contributed by atoms with van der Waals surface area (Å²) in [5, 5.41) is 0.724. The largest absolute Gasteiger partial charge is 0.207 e. The van der Waals surface area contributed by atoms with Crippen molar-refractivity contribution >= 4 is 22.4 Å². The Morgan fingerprint density at radius 2 is 1.20 bits per heavy atom. The fourth-order valence-electron chi connectivity index (χ4n) is 4.38. The lowest BCUT2D eigenvalue weighted by molar-refractivity contribution is 0.579. The minimum Gasteiger partial charge on any atom is -0.207 e. The van der Waals surface area contributed by atoms with Crippen LogP contribution in [0.3, 0.4) is 0 Å². The number of hydrogen-bond donors (Lipinski definition) is 0. The molecule has 0 amide bonds. The van der Waals surface area contributed by atoms with E-state index in [1.807, 2.05) is 30.3 Å². The lowest BCUT2D eigenvalue weighted by Gasteiger charge is -2.10. The Bertz CT molecular complexity index is 1320. The molecule has 0 atom stereocenters. The van der Waals surface area contributed by atoms with Crippen LogP contribution in [-0.2, 0) is 32.1 Å². The van der Waals surface area contributed by atoms with E-state index in [1.165, 1.54) is 12.1 Å². The van der Waals surface area contributed by atoms with Gasteiger partial charge in [-0.3, -0.25) is 0 Å². The third-order valence-corrected chi connectivity index (χ3v) is 6.81. The van der Waals surface area contributed by atoms with E-state index in [-0.39, 0.29) is 18.1 Å². The van der Waals surface area contributed by atoms with E-state index in [0.717, 1.165) is 35.8 Å². The van der Waals surface area contributed by atoms with Gasteiger partial charge < -0.3 is 0 Å². The molecule has 0 aliphatic heterocycles. The van der Waals surface area contributed by atoms with Crippen LogP contribution in [-0.4, -0.2) is 0 Å². The van der Waals surface area contributed by atoms with E-state index in [0.29, 0.717) is 41.3 Å². The van der Waals surface area contributed by atoms with Crippen molar-refractivity contribution in [1.82, 2.24) is 0 Å². The summed E-state index contributed by atoms with van der Waals surface area (Å²) in [6, 6.07) is 17.0. The van der Waals surface area contributed by atoms with E-state index in [4.69, 9.17) is 11.6 Å². The van der Waals surface area contributed by atoms with Crippen molar-refractivity contribution in [3.63, 3.8) is 0 Å². The molecule has 0 saturated carbocycles. The summed E-state index contributed by atoms with van der Waals surface area (Å²) in [7, 11) is 0. The van der Waals surface area contributed by atoms with Crippen LogP contribution in [0.1, 0.15) is 47.6 Å². The van der Waals surface area contributed by atoms with Gasteiger partial charge in [-0.1, -0.05) is 67.4 Å². The number of rotatable bonds is 9. The van der Waals surface area contributed by atoms with Crippen LogP contribution in [0.15, 0.2) is 60.7 Å². The van der Waals surface area contributed by atoms with Crippen molar-refractivity contribution in [1.29, 1.82) is 0 Å². The van der Waals surface area contributed by atoms with Crippen LogP contribution in [0.25, 0.3) is 10.8 Å². The first kappa shape index (κ1) is 25.2. The van der Waals surface area contributed by atoms with Gasteiger partial charge in [-0.15, -0.1) is 0 Å². The molecule has 0 aliphatic carbocycles. The van der Waals surface area contributed by atoms with Crippen LogP contribution >= 0.6 is 11.6 Å². The first-order valence-corrected chi connectivity index (χ1v) is 12.3. The summed E-state index contributed by atoms with van der Waals surface area (Å²) in [4.78, 5) is 0. The van der Waals surface area contributed by atoms with E-state index >= 15 is 4.39 Å². The van der Waals surface area contributed by atoms with Crippen molar-refractivity contribution in [2.45, 2.75) is 51.9 Å². The number of benzene rings is 4. The van der Waals surface area contributed by atoms with E-state index in [2.05, 4.69) is 6.92 Å². The molecular formula is C30H27ClF4. The molecule has 5 heteroatoms. The number of unbranched alkanes of at least 4 members (excludes halogenated alkanes) is 1. The lowest BCUT2D eigenvalue weighted by Crippen LogP contribution is -1.99. The minimum atomic E-state index is -0.819. The maximum Gasteiger partial charge on any atom is 0.145 e. The third-order valence-electron chi connectivity index (χ3n) is 6.44. The Morgan fingerprint density at radius 1 is 0.600 bits per heavy atom. The first-order chi connectivity index (χ1) is 16.9. The first-order valence-electron chi connectivity index (χ1n) is 12.0. The number of hydrogen-bond acceptors (Lipinski definition) is 0. The average molecular weight is 499 g/mol. The van der Waals surface area contributed by atoms with Crippen molar-refractivity contribution in [2.75, 3.05) is 0 Å². The normalized spacial score (nSPS) is 11.4. The highest BCUT2D eigenvalue weighted by Gasteiger charge is 2.12. The van der Waals surface area contributed by atoms with Crippen LogP contribution in [0, 0.1) is 23.3 Å². The summed E-state index contributed by atoms with van der Waals surface area (Å²) >= 11 is 5.53. The zero-order chi connectivity index (χ0) is 24.9. The second-order valence-corrected chi connectivity index (χ2v) is 9.37. The lowest BCUT2D eigenvalue weighted by atomic mass is 9.97. The van der Waals surface area contributed by atoms with Crippen LogP contribution in [0.2, 0.25) is 5.02 Å². The molecule has 182 valence electrons. The van der Waals surface area contributed by atoms with Crippen LogP contribution in [0.5, 0.6) is 0 Å². The fraction of sp³-hybridized carbons (Fsp3) is 0.267. The average Bonchev–Trinajstić information content (AvgIpc) is 2.85. The molecule has 0 N–H and O–H groups in total. The van der Waals surface area contributed by atoms with E-state index < -0.39 is 16.7 Å². The molecule has 4 aromatic rings. The van der Waals surface area contributed by atoms with E-state index in [1.54, 1.807) is 18.2 Å². The molecule has 0 aromatic heterocycles. The molecular weight excluding hydrogens is 472 g/mol. The van der Waals surface area contributed by atoms with Gasteiger partial charge in [-0.05, 0) is 89.9 Å². The van der Waals surface area contributed by atoms with Gasteiger partial charge in [0.05, 0.1) is 0 Å². The monoisotopic (exact) mass is 498 g/mol. The van der Waals surface area contributed by atoms with E-state index in [9.17, 15) is 13.2 Å². The zero-order valence-electron chi connectivity index (χ0n) is 19.6. The highest BCUT2D eigenvalue weighted by molar-refractivity contribution is 6.30. The Morgan fingerprint density at radius 3 is 1.91 bits per heavy atom. The predicted octanol–water partition coefficient (Wildman–Crippen LogP) is 8.96. The molecule has 4 aromatic carbocycles. The second kappa shape index (κ2) is 11.3. The summed E-state index contributed by atoms with van der Waals surface area (Å²) in [5.74, 6) is -2.14. The van der Waals surface area contributed by atoms with Gasteiger partial charge in [0, 0.05) is 5.39 Å². The highest BCUT2D eigenvalue weighted by Crippen LogP contribution is 2.26. The fourth-order valence-corrected chi connectivity index (χ4v) is 4.48. The summed E-state index contributed by atoms with van der Waals surface area (Å²) in [6.45, 7) is 2.12. The van der Waals surface area contributed by atoms with Crippen molar-refractivity contribution in [3.8, 4) is 0 Å². The maximum absolute atomic E-state index is 15.1. The maximum atomic E-state index is 15.1. The molecule has 0 heterocycles. The quantitative estimate of drug-likeness (QED) is 0.159. The molecule has 0 nitrogen and oxygen atoms in total. The van der Waals surface area contributed by atoms with Crippen molar-refractivity contribution < 1.29 is 17.6 Å². The predicted molar refractivity (Wildman–Crippen MR) is 135 cm³/mol. The smallest absolute Gasteiger partial charge is 0.145 e. The van der Waals surface area contributed by atoms with Crippen LogP contribution in [0.4, 0.5) is 17.6 Å². The van der Waals surface area contributed by atoms with Gasteiger partial charge in [0.2, 0.25) is 0 Å². The molecule has 0 unspecified atom stereocenters. The number of fused-ring (bicyclic) bond motifs is 1. The van der Waals surface area contributed by atoms with Gasteiger partial charge >= 0.3 is 0 Å². The van der Waals surface area contributed by atoms with Gasteiger partial charge in [0.25, 0.3) is 0 Å². The van der Waals surface area contributed by atoms with Gasteiger partial charge in [0.15, 0.2) is 0 Å². The highest BCUT2D eigenvalue weighted by atomic mass is 35.5. The Labute approximate surface area is 208 Å². The Hall–Kier alpha value is -2.85. The van der Waals surface area contributed by atoms with Gasteiger partial charge in [0.1, 0.15) is 28.3 Å².